The summed E-state index contributed by atoms with van der Waals surface area (Å²) in [6.45, 7) is 4.42. The van der Waals surface area contributed by atoms with Crippen molar-refractivity contribution in [2.24, 2.45) is 17.1 Å². The van der Waals surface area contributed by atoms with E-state index in [1.165, 1.54) is 19.3 Å². The van der Waals surface area contributed by atoms with E-state index < -0.39 is 15.5 Å². The van der Waals surface area contributed by atoms with Crippen LogP contribution in [0.5, 0.6) is 0 Å². The Morgan fingerprint density at radius 3 is 2.62 bits per heavy atom. The second-order valence-electron chi connectivity index (χ2n) is 5.39. The van der Waals surface area contributed by atoms with Crippen LogP contribution in [0.2, 0.25) is 0 Å². The Bertz CT molecular complexity index is 328. The summed E-state index contributed by atoms with van der Waals surface area (Å²) in [4.78, 5) is 0. The minimum absolute atomic E-state index is 0.181. The number of rotatable bonds is 4. The normalized spacial score (nSPS) is 33.6. The molecule has 3 atom stereocenters. The van der Waals surface area contributed by atoms with E-state index in [1.807, 2.05) is 0 Å². The number of nitrogens with two attached hydrogens (primary N) is 1. The Balaban J connectivity index is 2.53. The summed E-state index contributed by atoms with van der Waals surface area (Å²) in [5.74, 6) is 0.606. The van der Waals surface area contributed by atoms with Gasteiger partial charge in [-0.3, -0.25) is 4.55 Å². The summed E-state index contributed by atoms with van der Waals surface area (Å²) < 4.78 is 30.5. The molecule has 5 heteroatoms. The predicted molar refractivity (Wildman–Crippen MR) is 64.5 cm³/mol. The van der Waals surface area contributed by atoms with Gasteiger partial charge in [0.25, 0.3) is 10.1 Å². The zero-order valence-electron chi connectivity index (χ0n) is 10.1. The molecular weight excluding hydrogens is 226 g/mol. The van der Waals surface area contributed by atoms with Crippen LogP contribution in [0.3, 0.4) is 0 Å². The highest BCUT2D eigenvalue weighted by atomic mass is 32.2. The smallest absolute Gasteiger partial charge is 0.280 e. The minimum atomic E-state index is -4.07. The Hall–Kier alpha value is -0.130. The quantitative estimate of drug-likeness (QED) is 0.748. The Morgan fingerprint density at radius 1 is 1.50 bits per heavy atom. The monoisotopic (exact) mass is 249 g/mol. The second kappa shape index (κ2) is 5.02. The van der Waals surface area contributed by atoms with Gasteiger partial charge in [-0.25, -0.2) is 0 Å². The van der Waals surface area contributed by atoms with E-state index in [-0.39, 0.29) is 5.41 Å². The Morgan fingerprint density at radius 2 is 2.12 bits per heavy atom. The molecule has 0 saturated heterocycles. The molecule has 1 rings (SSSR count). The lowest BCUT2D eigenvalue weighted by Gasteiger charge is -2.40. The maximum absolute atomic E-state index is 10.8. The van der Waals surface area contributed by atoms with Gasteiger partial charge in [-0.2, -0.15) is 8.42 Å². The van der Waals surface area contributed by atoms with E-state index in [4.69, 9.17) is 10.3 Å². The average molecular weight is 249 g/mol. The molecule has 96 valence electrons. The van der Waals surface area contributed by atoms with Crippen molar-refractivity contribution in [1.82, 2.24) is 0 Å². The maximum Gasteiger partial charge on any atom is 0.280 e. The lowest BCUT2D eigenvalue weighted by atomic mass is 9.66. The van der Waals surface area contributed by atoms with Crippen LogP contribution < -0.4 is 5.73 Å². The average Bonchev–Trinajstić information content (AvgIpc) is 2.18. The number of hydrogen-bond acceptors (Lipinski definition) is 3. The second-order valence-corrected chi connectivity index (χ2v) is 7.03. The summed E-state index contributed by atoms with van der Waals surface area (Å²) in [5.41, 5.74) is 5.62. The van der Waals surface area contributed by atoms with Crippen LogP contribution in [0.4, 0.5) is 0 Å². The van der Waals surface area contributed by atoms with Crippen LogP contribution in [-0.2, 0) is 10.1 Å². The van der Waals surface area contributed by atoms with Crippen molar-refractivity contribution in [1.29, 1.82) is 0 Å². The molecule has 0 aromatic rings. The summed E-state index contributed by atoms with van der Waals surface area (Å²) in [5, 5.41) is -1.13. The van der Waals surface area contributed by atoms with Crippen molar-refractivity contribution in [3.63, 3.8) is 0 Å². The molecule has 0 spiro atoms. The van der Waals surface area contributed by atoms with Crippen molar-refractivity contribution in [2.45, 2.75) is 57.7 Å². The van der Waals surface area contributed by atoms with Gasteiger partial charge < -0.3 is 5.73 Å². The van der Waals surface area contributed by atoms with Crippen LogP contribution in [0.1, 0.15) is 52.4 Å². The van der Waals surface area contributed by atoms with E-state index in [0.717, 1.165) is 12.8 Å². The van der Waals surface area contributed by atoms with Crippen LogP contribution in [0.15, 0.2) is 0 Å². The highest BCUT2D eigenvalue weighted by Crippen LogP contribution is 2.44. The van der Waals surface area contributed by atoms with E-state index in [1.54, 1.807) is 0 Å². The fourth-order valence-electron chi connectivity index (χ4n) is 2.57. The highest BCUT2D eigenvalue weighted by molar-refractivity contribution is 7.86. The molecule has 0 radical (unpaired) electrons. The maximum atomic E-state index is 10.8. The zero-order valence-corrected chi connectivity index (χ0v) is 11.0. The Kier molecular flexibility index (Phi) is 4.37. The fourth-order valence-corrected chi connectivity index (χ4v) is 2.98. The third-order valence-corrected chi connectivity index (χ3v) is 5.21. The third kappa shape index (κ3) is 3.43. The molecule has 1 fully saturated rings. The number of hydrogen-bond donors (Lipinski definition) is 2. The SMILES string of the molecule is CC1CCCCC1(C)CCC(N)S(=O)(=O)O. The molecule has 1 saturated carbocycles. The minimum Gasteiger partial charge on any atom is -0.313 e. The topological polar surface area (TPSA) is 80.4 Å². The molecule has 0 bridgehead atoms. The Labute approximate surface area is 98.4 Å². The first-order valence-electron chi connectivity index (χ1n) is 5.97. The molecular formula is C11H23NO3S. The molecule has 1 aliphatic carbocycles. The van der Waals surface area contributed by atoms with Crippen molar-refractivity contribution >= 4 is 10.1 Å². The van der Waals surface area contributed by atoms with Gasteiger partial charge in [-0.05, 0) is 30.6 Å². The molecule has 3 unspecified atom stereocenters. The van der Waals surface area contributed by atoms with E-state index >= 15 is 0 Å². The van der Waals surface area contributed by atoms with Gasteiger partial charge in [0.1, 0.15) is 5.37 Å². The molecule has 0 aliphatic heterocycles. The van der Waals surface area contributed by atoms with E-state index in [0.29, 0.717) is 12.3 Å². The van der Waals surface area contributed by atoms with Gasteiger partial charge in [-0.15, -0.1) is 0 Å². The first kappa shape index (κ1) is 13.9. The van der Waals surface area contributed by atoms with E-state index in [2.05, 4.69) is 13.8 Å². The van der Waals surface area contributed by atoms with Gasteiger partial charge in [0.2, 0.25) is 0 Å². The van der Waals surface area contributed by atoms with Gasteiger partial charge in [0, 0.05) is 0 Å². The summed E-state index contributed by atoms with van der Waals surface area (Å²) in [6, 6.07) is 0. The van der Waals surface area contributed by atoms with Crippen LogP contribution in [-0.4, -0.2) is 18.3 Å². The molecule has 3 N–H and O–H groups in total. The van der Waals surface area contributed by atoms with Crippen LogP contribution >= 0.6 is 0 Å². The predicted octanol–water partition coefficient (Wildman–Crippen LogP) is 2.16. The van der Waals surface area contributed by atoms with Crippen molar-refractivity contribution in [3.05, 3.63) is 0 Å². The summed E-state index contributed by atoms with van der Waals surface area (Å²) in [6.07, 6.45) is 5.93. The third-order valence-electron chi connectivity index (χ3n) is 4.21. The van der Waals surface area contributed by atoms with Crippen LogP contribution in [0.25, 0.3) is 0 Å². The van der Waals surface area contributed by atoms with Gasteiger partial charge in [0.15, 0.2) is 0 Å². The zero-order chi connectivity index (χ0) is 12.4. The molecule has 0 heterocycles. The first-order chi connectivity index (χ1) is 7.26. The standard InChI is InChI=1S/C11H23NO3S/c1-9-5-3-4-7-11(9,2)8-6-10(12)16(13,14)15/h9-10H,3-8,12H2,1-2H3,(H,13,14,15). The lowest BCUT2D eigenvalue weighted by Crippen LogP contribution is -2.35. The van der Waals surface area contributed by atoms with Gasteiger partial charge in [-0.1, -0.05) is 33.1 Å². The van der Waals surface area contributed by atoms with Crippen molar-refractivity contribution in [2.75, 3.05) is 0 Å². The molecule has 0 aromatic carbocycles. The largest absolute Gasteiger partial charge is 0.313 e. The van der Waals surface area contributed by atoms with Gasteiger partial charge >= 0.3 is 0 Å². The van der Waals surface area contributed by atoms with Crippen molar-refractivity contribution in [3.8, 4) is 0 Å². The molecule has 0 aromatic heterocycles. The summed E-state index contributed by atoms with van der Waals surface area (Å²) >= 11 is 0. The van der Waals surface area contributed by atoms with E-state index in [9.17, 15) is 8.42 Å². The molecule has 4 nitrogen and oxygen atoms in total. The fraction of sp³-hybridized carbons (Fsp3) is 1.00. The molecule has 1 aliphatic rings. The molecule has 0 amide bonds. The first-order valence-corrected chi connectivity index (χ1v) is 7.48. The van der Waals surface area contributed by atoms with Gasteiger partial charge in [0.05, 0.1) is 0 Å². The summed E-state index contributed by atoms with van der Waals surface area (Å²) in [7, 11) is -4.07. The van der Waals surface area contributed by atoms with Crippen molar-refractivity contribution < 1.29 is 13.0 Å². The van der Waals surface area contributed by atoms with Crippen LogP contribution in [0, 0.1) is 11.3 Å². The highest BCUT2D eigenvalue weighted by Gasteiger charge is 2.34. The lowest BCUT2D eigenvalue weighted by molar-refractivity contribution is 0.114. The molecule has 16 heavy (non-hydrogen) atoms.